The summed E-state index contributed by atoms with van der Waals surface area (Å²) in [6.07, 6.45) is 7.71. The van der Waals surface area contributed by atoms with E-state index in [1.165, 1.54) is 19.5 Å². The van der Waals surface area contributed by atoms with E-state index in [1.54, 1.807) is 6.20 Å². The van der Waals surface area contributed by atoms with Gasteiger partial charge in [0.15, 0.2) is 0 Å². The minimum atomic E-state index is 0.296. The first-order chi connectivity index (χ1) is 11.9. The molecule has 4 unspecified atom stereocenters. The molecule has 1 aromatic heterocycles. The number of carbonyl (C=O) groups excluding carboxylic acids is 1. The van der Waals surface area contributed by atoms with E-state index in [1.807, 2.05) is 10.9 Å². The average molecular weight is 348 g/mol. The van der Waals surface area contributed by atoms with Crippen LogP contribution in [0.3, 0.4) is 0 Å². The summed E-state index contributed by atoms with van der Waals surface area (Å²) >= 11 is 0. The molecule has 0 bridgehead atoms. The van der Waals surface area contributed by atoms with Gasteiger partial charge in [0.2, 0.25) is 5.91 Å². The van der Waals surface area contributed by atoms with Crippen molar-refractivity contribution in [2.24, 2.45) is 11.8 Å². The normalized spacial score (nSPS) is 27.4. The van der Waals surface area contributed by atoms with E-state index in [2.05, 4.69) is 47.8 Å². The molecule has 2 aliphatic heterocycles. The summed E-state index contributed by atoms with van der Waals surface area (Å²) in [4.78, 5) is 17.2. The standard InChI is InChI=1S/C19H33N5O/c1-14(2)22-7-5-17(12-22)9-15(3)23-13-18(11-19(23)25)10-16(4)24-8-6-20-21-24/h6,8,14-18H,5,7,9-13H2,1-4H3. The molecular weight excluding hydrogens is 314 g/mol. The van der Waals surface area contributed by atoms with Gasteiger partial charge in [-0.1, -0.05) is 5.21 Å². The van der Waals surface area contributed by atoms with Gasteiger partial charge >= 0.3 is 0 Å². The Morgan fingerprint density at radius 1 is 1.12 bits per heavy atom. The van der Waals surface area contributed by atoms with Crippen LogP contribution in [0, 0.1) is 11.8 Å². The summed E-state index contributed by atoms with van der Waals surface area (Å²) in [7, 11) is 0. The third kappa shape index (κ3) is 4.40. The summed E-state index contributed by atoms with van der Waals surface area (Å²) < 4.78 is 1.90. The van der Waals surface area contributed by atoms with Gasteiger partial charge in [-0.3, -0.25) is 4.79 Å². The van der Waals surface area contributed by atoms with E-state index >= 15 is 0 Å². The Bertz CT molecular complexity index is 558. The fourth-order valence-electron chi connectivity index (χ4n) is 4.57. The van der Waals surface area contributed by atoms with Gasteiger partial charge in [0.25, 0.3) is 0 Å². The summed E-state index contributed by atoms with van der Waals surface area (Å²) in [6, 6.07) is 1.29. The van der Waals surface area contributed by atoms with Gasteiger partial charge < -0.3 is 9.80 Å². The zero-order chi connectivity index (χ0) is 18.0. The van der Waals surface area contributed by atoms with Crippen LogP contribution in [0.15, 0.2) is 12.4 Å². The Hall–Kier alpha value is -1.43. The van der Waals surface area contributed by atoms with Crippen LogP contribution in [0.1, 0.15) is 59.4 Å². The lowest BCUT2D eigenvalue weighted by molar-refractivity contribution is -0.129. The summed E-state index contributed by atoms with van der Waals surface area (Å²) in [5.74, 6) is 1.50. The number of carbonyl (C=O) groups is 1. The van der Waals surface area contributed by atoms with Crippen molar-refractivity contribution in [3.05, 3.63) is 12.4 Å². The van der Waals surface area contributed by atoms with Gasteiger partial charge in [-0.2, -0.15) is 0 Å². The highest BCUT2D eigenvalue weighted by atomic mass is 16.2. The van der Waals surface area contributed by atoms with Gasteiger partial charge in [0, 0.05) is 37.8 Å². The van der Waals surface area contributed by atoms with E-state index in [0.717, 1.165) is 25.3 Å². The molecule has 3 heterocycles. The van der Waals surface area contributed by atoms with E-state index in [4.69, 9.17) is 0 Å². The molecule has 2 aliphatic rings. The lowest BCUT2D eigenvalue weighted by Gasteiger charge is -2.28. The van der Waals surface area contributed by atoms with Crippen LogP contribution >= 0.6 is 0 Å². The van der Waals surface area contributed by atoms with Gasteiger partial charge in [-0.05, 0) is 65.3 Å². The Labute approximate surface area is 151 Å². The van der Waals surface area contributed by atoms with Gasteiger partial charge in [-0.25, -0.2) is 4.68 Å². The van der Waals surface area contributed by atoms with Crippen LogP contribution in [0.25, 0.3) is 0 Å². The molecule has 0 aromatic carbocycles. The molecule has 0 N–H and O–H groups in total. The summed E-state index contributed by atoms with van der Waals surface area (Å²) in [5, 5.41) is 7.97. The number of hydrogen-bond donors (Lipinski definition) is 0. The zero-order valence-electron chi connectivity index (χ0n) is 16.1. The lowest BCUT2D eigenvalue weighted by Crippen LogP contribution is -2.36. The molecule has 25 heavy (non-hydrogen) atoms. The first-order valence-corrected chi connectivity index (χ1v) is 9.83. The second-order valence-electron chi connectivity index (χ2n) is 8.41. The first-order valence-electron chi connectivity index (χ1n) is 9.83. The van der Waals surface area contributed by atoms with E-state index in [9.17, 15) is 4.79 Å². The van der Waals surface area contributed by atoms with Gasteiger partial charge in [-0.15, -0.1) is 5.10 Å². The highest BCUT2D eigenvalue weighted by molar-refractivity contribution is 5.78. The molecule has 2 saturated heterocycles. The number of rotatable bonds is 7. The number of likely N-dealkylation sites (tertiary alicyclic amines) is 2. The van der Waals surface area contributed by atoms with Crippen molar-refractivity contribution >= 4 is 5.91 Å². The third-order valence-corrected chi connectivity index (χ3v) is 6.06. The molecule has 0 saturated carbocycles. The number of aromatic nitrogens is 3. The van der Waals surface area contributed by atoms with Crippen LogP contribution in [0.5, 0.6) is 0 Å². The van der Waals surface area contributed by atoms with Crippen LogP contribution in [0.2, 0.25) is 0 Å². The van der Waals surface area contributed by atoms with Crippen molar-refractivity contribution in [3.8, 4) is 0 Å². The van der Waals surface area contributed by atoms with Gasteiger partial charge in [0.05, 0.1) is 12.2 Å². The maximum atomic E-state index is 12.5. The number of nitrogens with zero attached hydrogens (tertiary/aromatic N) is 5. The summed E-state index contributed by atoms with van der Waals surface area (Å²) in [6.45, 7) is 12.2. The summed E-state index contributed by atoms with van der Waals surface area (Å²) in [5.41, 5.74) is 0. The molecule has 140 valence electrons. The minimum Gasteiger partial charge on any atom is -0.340 e. The molecule has 1 amide bonds. The predicted molar refractivity (Wildman–Crippen MR) is 98.1 cm³/mol. The maximum absolute atomic E-state index is 12.5. The quantitative estimate of drug-likeness (QED) is 0.761. The Kier molecular flexibility index (Phi) is 5.77. The third-order valence-electron chi connectivity index (χ3n) is 6.06. The van der Waals surface area contributed by atoms with Crippen molar-refractivity contribution in [1.82, 2.24) is 24.8 Å². The van der Waals surface area contributed by atoms with Gasteiger partial charge in [0.1, 0.15) is 0 Å². The molecule has 0 radical (unpaired) electrons. The topological polar surface area (TPSA) is 54.3 Å². The highest BCUT2D eigenvalue weighted by Gasteiger charge is 2.35. The van der Waals surface area contributed by atoms with Crippen molar-refractivity contribution in [2.45, 2.75) is 71.5 Å². The molecule has 0 spiro atoms. The first kappa shape index (κ1) is 18.4. The molecule has 4 atom stereocenters. The SMILES string of the molecule is CC(C)N1CCC(CC(C)N2CC(CC(C)n3ccnn3)CC2=O)C1. The predicted octanol–water partition coefficient (Wildman–Crippen LogP) is 2.59. The highest BCUT2D eigenvalue weighted by Crippen LogP contribution is 2.30. The molecule has 2 fully saturated rings. The molecule has 3 rings (SSSR count). The number of hydrogen-bond acceptors (Lipinski definition) is 4. The van der Waals surface area contributed by atoms with Crippen molar-refractivity contribution < 1.29 is 4.79 Å². The Morgan fingerprint density at radius 2 is 1.88 bits per heavy atom. The average Bonchev–Trinajstić information content (AvgIpc) is 3.27. The van der Waals surface area contributed by atoms with E-state index in [0.29, 0.717) is 36.4 Å². The molecular formula is C19H33N5O. The maximum Gasteiger partial charge on any atom is 0.223 e. The molecule has 0 aliphatic carbocycles. The fraction of sp³-hybridized carbons (Fsp3) is 0.842. The molecule has 6 nitrogen and oxygen atoms in total. The largest absolute Gasteiger partial charge is 0.340 e. The van der Waals surface area contributed by atoms with Crippen LogP contribution in [-0.2, 0) is 4.79 Å². The van der Waals surface area contributed by atoms with E-state index in [-0.39, 0.29) is 0 Å². The van der Waals surface area contributed by atoms with Crippen LogP contribution in [0.4, 0.5) is 0 Å². The minimum absolute atomic E-state index is 0.296. The van der Waals surface area contributed by atoms with Crippen LogP contribution < -0.4 is 0 Å². The fourth-order valence-corrected chi connectivity index (χ4v) is 4.57. The van der Waals surface area contributed by atoms with Crippen LogP contribution in [-0.4, -0.2) is 62.4 Å². The van der Waals surface area contributed by atoms with Crippen molar-refractivity contribution in [1.29, 1.82) is 0 Å². The molecule has 6 heteroatoms. The second-order valence-corrected chi connectivity index (χ2v) is 8.41. The molecule has 1 aromatic rings. The lowest BCUT2D eigenvalue weighted by atomic mass is 9.98. The second kappa shape index (κ2) is 7.85. The van der Waals surface area contributed by atoms with Crippen molar-refractivity contribution in [2.75, 3.05) is 19.6 Å². The Morgan fingerprint density at radius 3 is 2.52 bits per heavy atom. The van der Waals surface area contributed by atoms with E-state index < -0.39 is 0 Å². The smallest absolute Gasteiger partial charge is 0.223 e. The monoisotopic (exact) mass is 347 g/mol. The Balaban J connectivity index is 1.48. The van der Waals surface area contributed by atoms with Crippen molar-refractivity contribution in [3.63, 3.8) is 0 Å². The zero-order valence-corrected chi connectivity index (χ0v) is 16.1. The number of amides is 1.